The van der Waals surface area contributed by atoms with Crippen molar-refractivity contribution in [2.24, 2.45) is 0 Å². The third-order valence-corrected chi connectivity index (χ3v) is 5.70. The summed E-state index contributed by atoms with van der Waals surface area (Å²) in [7, 11) is -4.60. The van der Waals surface area contributed by atoms with E-state index in [0.29, 0.717) is 24.8 Å². The van der Waals surface area contributed by atoms with E-state index in [2.05, 4.69) is 10.0 Å². The van der Waals surface area contributed by atoms with Gasteiger partial charge >= 0.3 is 0 Å². The molecule has 8 heteroatoms. The third kappa shape index (κ3) is 6.29. The lowest BCUT2D eigenvalue weighted by Gasteiger charge is -2.08. The zero-order valence-electron chi connectivity index (χ0n) is 12.9. The molecule has 0 saturated carbocycles. The van der Waals surface area contributed by atoms with E-state index < -0.39 is 20.8 Å². The molecule has 0 aromatic carbocycles. The molecule has 0 spiro atoms. The number of nitrogens with one attached hydrogen (secondary N) is 2. The van der Waals surface area contributed by atoms with E-state index in [1.54, 1.807) is 12.3 Å². The lowest BCUT2D eigenvalue weighted by atomic mass is 10.3. The molecule has 1 rings (SSSR count). The Morgan fingerprint density at radius 1 is 1.29 bits per heavy atom. The quantitative estimate of drug-likeness (QED) is 0.708. The Bertz CT molecular complexity index is 566. The molecule has 0 radical (unpaired) electrons. The van der Waals surface area contributed by atoms with Crippen LogP contribution < -0.4 is 10.0 Å². The maximum Gasteiger partial charge on any atom is 0.273 e. The van der Waals surface area contributed by atoms with Crippen molar-refractivity contribution in [3.8, 4) is 0 Å². The summed E-state index contributed by atoms with van der Waals surface area (Å²) in [5, 5.41) is 3.02. The summed E-state index contributed by atoms with van der Waals surface area (Å²) < 4.78 is 43.1. The largest absolute Gasteiger partial charge is 0.447 e. The van der Waals surface area contributed by atoms with Gasteiger partial charge in [0.25, 0.3) is 10.0 Å². The van der Waals surface area contributed by atoms with Crippen LogP contribution in [0.4, 0.5) is 0 Å². The van der Waals surface area contributed by atoms with Crippen LogP contribution in [-0.2, 0) is 27.4 Å². The van der Waals surface area contributed by atoms with Crippen molar-refractivity contribution in [3.05, 3.63) is 17.9 Å². The topological polar surface area (TPSA) is 88.4 Å². The highest BCUT2D eigenvalue weighted by molar-refractivity contribution is 7.89. The molecular weight excluding hydrogens is 312 g/mol. The van der Waals surface area contributed by atoms with Gasteiger partial charge in [-0.1, -0.05) is 20.8 Å². The van der Waals surface area contributed by atoms with E-state index in [1.807, 2.05) is 20.8 Å². The predicted octanol–water partition coefficient (Wildman–Crippen LogP) is 1.21. The Kier molecular flexibility index (Phi) is 7.05. The molecule has 0 fully saturated rings. The maximum atomic E-state index is 12.0. The number of rotatable bonds is 9. The second-order valence-electron chi connectivity index (χ2n) is 5.25. The molecule has 6 nitrogen and oxygen atoms in total. The Labute approximate surface area is 129 Å². The van der Waals surface area contributed by atoms with E-state index in [4.69, 9.17) is 4.42 Å². The van der Waals surface area contributed by atoms with Crippen LogP contribution in [0.25, 0.3) is 0 Å². The van der Waals surface area contributed by atoms with Crippen molar-refractivity contribution < 1.29 is 17.0 Å². The van der Waals surface area contributed by atoms with Crippen LogP contribution in [0.3, 0.4) is 0 Å². The molecule has 2 unspecified atom stereocenters. The minimum absolute atomic E-state index is 0.0462. The van der Waals surface area contributed by atoms with Gasteiger partial charge in [-0.25, -0.2) is 13.1 Å². The summed E-state index contributed by atoms with van der Waals surface area (Å²) in [6, 6.07) is 3.39. The monoisotopic (exact) mass is 336 g/mol. The first-order valence-electron chi connectivity index (χ1n) is 6.86. The molecule has 0 aliphatic rings. The second-order valence-corrected chi connectivity index (χ2v) is 8.75. The van der Waals surface area contributed by atoms with Gasteiger partial charge in [0.1, 0.15) is 5.76 Å². The van der Waals surface area contributed by atoms with Crippen molar-refractivity contribution in [1.29, 1.82) is 0 Å². The van der Waals surface area contributed by atoms with Crippen molar-refractivity contribution in [2.45, 2.75) is 50.1 Å². The summed E-state index contributed by atoms with van der Waals surface area (Å²) in [4.78, 5) is 0. The van der Waals surface area contributed by atoms with Gasteiger partial charge in [-0.15, -0.1) is 0 Å². The fourth-order valence-corrected chi connectivity index (χ4v) is 2.98. The fourth-order valence-electron chi connectivity index (χ4n) is 1.54. The van der Waals surface area contributed by atoms with Crippen molar-refractivity contribution >= 4 is 20.8 Å². The normalized spacial score (nSPS) is 15.3. The molecule has 2 N–H and O–H groups in total. The maximum absolute atomic E-state index is 12.0. The van der Waals surface area contributed by atoms with Crippen molar-refractivity contribution in [1.82, 2.24) is 10.0 Å². The van der Waals surface area contributed by atoms with E-state index in [-0.39, 0.29) is 16.9 Å². The Hall–Kier alpha value is -0.700. The average molecular weight is 336 g/mol. The van der Waals surface area contributed by atoms with Crippen LogP contribution in [0.15, 0.2) is 21.6 Å². The first-order chi connectivity index (χ1) is 9.72. The number of sulfonamides is 1. The van der Waals surface area contributed by atoms with Crippen LogP contribution in [0, 0.1) is 0 Å². The average Bonchev–Trinajstić information content (AvgIpc) is 2.85. The van der Waals surface area contributed by atoms with Crippen LogP contribution in [-0.4, -0.2) is 36.7 Å². The Morgan fingerprint density at radius 2 is 1.95 bits per heavy atom. The Balaban J connectivity index is 2.56. The molecule has 0 saturated heterocycles. The third-order valence-electron chi connectivity index (χ3n) is 3.00. The number of furan rings is 1. The first kappa shape index (κ1) is 18.3. The predicted molar refractivity (Wildman–Crippen MR) is 84.0 cm³/mol. The Morgan fingerprint density at radius 3 is 2.52 bits per heavy atom. The van der Waals surface area contributed by atoms with Crippen LogP contribution in [0.5, 0.6) is 0 Å². The SMILES string of the molecule is CC(C)NCc1ccc(S(=O)(=O)NCCC(C)S(C)=O)o1. The molecule has 0 amide bonds. The molecule has 2 atom stereocenters. The lowest BCUT2D eigenvalue weighted by Crippen LogP contribution is -2.27. The van der Waals surface area contributed by atoms with E-state index >= 15 is 0 Å². The molecule has 0 aliphatic heterocycles. The highest BCUT2D eigenvalue weighted by Gasteiger charge is 2.19. The van der Waals surface area contributed by atoms with Gasteiger partial charge in [0.05, 0.1) is 6.54 Å². The van der Waals surface area contributed by atoms with Gasteiger partial charge in [-0.3, -0.25) is 4.21 Å². The summed E-state index contributed by atoms with van der Waals surface area (Å²) in [6.45, 7) is 6.55. The number of hydrogen-bond acceptors (Lipinski definition) is 5. The molecule has 1 aromatic heterocycles. The molecular formula is C13H24N2O4S2. The molecule has 0 bridgehead atoms. The van der Waals surface area contributed by atoms with Gasteiger partial charge in [0.2, 0.25) is 5.09 Å². The van der Waals surface area contributed by atoms with Gasteiger partial charge in [-0.2, -0.15) is 0 Å². The van der Waals surface area contributed by atoms with Gasteiger partial charge in [-0.05, 0) is 18.6 Å². The molecule has 1 aromatic rings. The van der Waals surface area contributed by atoms with Gasteiger partial charge in [0.15, 0.2) is 0 Å². The minimum Gasteiger partial charge on any atom is -0.447 e. The fraction of sp³-hybridized carbons (Fsp3) is 0.692. The zero-order chi connectivity index (χ0) is 16.0. The lowest BCUT2D eigenvalue weighted by molar-refractivity contribution is 0.393. The molecule has 21 heavy (non-hydrogen) atoms. The van der Waals surface area contributed by atoms with Crippen molar-refractivity contribution in [2.75, 3.05) is 12.8 Å². The van der Waals surface area contributed by atoms with E-state index in [0.717, 1.165) is 0 Å². The van der Waals surface area contributed by atoms with E-state index in [1.165, 1.54) is 6.07 Å². The smallest absolute Gasteiger partial charge is 0.273 e. The standard InChI is InChI=1S/C13H24N2O4S2/c1-10(2)14-9-12-5-6-13(19-12)21(17,18)15-8-7-11(3)20(4)16/h5-6,10-11,14-15H,7-9H2,1-4H3. The summed E-state index contributed by atoms with van der Waals surface area (Å²) in [5.74, 6) is 0.576. The summed E-state index contributed by atoms with van der Waals surface area (Å²) in [5.41, 5.74) is 0. The van der Waals surface area contributed by atoms with Crippen LogP contribution in [0.2, 0.25) is 0 Å². The second kappa shape index (κ2) is 8.07. The number of hydrogen-bond donors (Lipinski definition) is 2. The van der Waals surface area contributed by atoms with E-state index in [9.17, 15) is 12.6 Å². The molecule has 1 heterocycles. The summed E-state index contributed by atoms with van der Waals surface area (Å²) in [6.07, 6.45) is 2.13. The molecule has 122 valence electrons. The molecule has 0 aliphatic carbocycles. The highest BCUT2D eigenvalue weighted by Crippen LogP contribution is 2.14. The first-order valence-corrected chi connectivity index (χ1v) is 9.97. The van der Waals surface area contributed by atoms with Gasteiger partial charge < -0.3 is 9.73 Å². The van der Waals surface area contributed by atoms with Crippen LogP contribution >= 0.6 is 0 Å². The van der Waals surface area contributed by atoms with Crippen molar-refractivity contribution in [3.63, 3.8) is 0 Å². The van der Waals surface area contributed by atoms with Gasteiger partial charge in [0, 0.05) is 34.9 Å². The summed E-state index contributed by atoms with van der Waals surface area (Å²) >= 11 is 0. The highest BCUT2D eigenvalue weighted by atomic mass is 32.2. The minimum atomic E-state index is -3.64. The zero-order valence-corrected chi connectivity index (χ0v) is 14.5. The van der Waals surface area contributed by atoms with Crippen LogP contribution in [0.1, 0.15) is 33.0 Å².